The molecular formula is C19H15F3O. The lowest BCUT2D eigenvalue weighted by molar-refractivity contribution is 0.0819. The van der Waals surface area contributed by atoms with Gasteiger partial charge in [0, 0.05) is 12.0 Å². The summed E-state index contributed by atoms with van der Waals surface area (Å²) in [6.07, 6.45) is -2.15. The van der Waals surface area contributed by atoms with Crippen molar-refractivity contribution in [1.82, 2.24) is 0 Å². The molecule has 0 aromatic heterocycles. The molecule has 0 radical (unpaired) electrons. The second-order valence-electron chi connectivity index (χ2n) is 5.27. The first kappa shape index (κ1) is 15.4. The van der Waals surface area contributed by atoms with E-state index in [-0.39, 0.29) is 5.82 Å². The van der Waals surface area contributed by atoms with Gasteiger partial charge in [-0.05, 0) is 34.5 Å². The van der Waals surface area contributed by atoms with Crippen molar-refractivity contribution in [2.24, 2.45) is 0 Å². The second-order valence-corrected chi connectivity index (χ2v) is 5.27. The minimum absolute atomic E-state index is 0.275. The lowest BCUT2D eigenvalue weighted by Crippen LogP contribution is -2.07. The summed E-state index contributed by atoms with van der Waals surface area (Å²) < 4.78 is 43.7. The Balaban J connectivity index is 1.90. The molecule has 23 heavy (non-hydrogen) atoms. The number of hydrogen-bond donors (Lipinski definition) is 0. The van der Waals surface area contributed by atoms with Gasteiger partial charge in [0.05, 0.1) is 0 Å². The van der Waals surface area contributed by atoms with Crippen LogP contribution >= 0.6 is 0 Å². The molecule has 0 bridgehead atoms. The Kier molecular flexibility index (Phi) is 4.51. The maximum Gasteiger partial charge on any atom is 0.272 e. The third kappa shape index (κ3) is 3.65. The van der Waals surface area contributed by atoms with Crippen molar-refractivity contribution >= 4 is 10.8 Å². The number of rotatable bonds is 5. The zero-order valence-electron chi connectivity index (χ0n) is 12.3. The summed E-state index contributed by atoms with van der Waals surface area (Å²) in [5.41, 5.74) is 1.40. The predicted octanol–water partition coefficient (Wildman–Crippen LogP) is 5.21. The van der Waals surface area contributed by atoms with Crippen molar-refractivity contribution in [1.29, 1.82) is 0 Å². The molecule has 4 heteroatoms. The molecule has 3 aromatic rings. The van der Waals surface area contributed by atoms with Crippen LogP contribution in [0.25, 0.3) is 10.8 Å². The molecule has 3 aromatic carbocycles. The second kappa shape index (κ2) is 6.73. The Morgan fingerprint density at radius 1 is 0.913 bits per heavy atom. The van der Waals surface area contributed by atoms with Crippen LogP contribution in [-0.2, 0) is 6.42 Å². The fourth-order valence-corrected chi connectivity index (χ4v) is 2.60. The van der Waals surface area contributed by atoms with Crippen molar-refractivity contribution < 1.29 is 17.9 Å². The summed E-state index contributed by atoms with van der Waals surface area (Å²) in [7, 11) is 0. The number of fused-ring (bicyclic) bond motifs is 1. The first-order valence-electron chi connectivity index (χ1n) is 7.29. The zero-order valence-corrected chi connectivity index (χ0v) is 12.3. The number of benzene rings is 3. The molecule has 3 rings (SSSR count). The third-order valence-corrected chi connectivity index (χ3v) is 3.64. The lowest BCUT2D eigenvalue weighted by Gasteiger charge is -2.10. The van der Waals surface area contributed by atoms with Gasteiger partial charge in [0.25, 0.3) is 6.43 Å². The van der Waals surface area contributed by atoms with E-state index in [1.807, 2.05) is 30.3 Å². The van der Waals surface area contributed by atoms with Crippen molar-refractivity contribution in [2.75, 3.05) is 6.61 Å². The molecule has 0 spiro atoms. The molecule has 0 aliphatic rings. The smallest absolute Gasteiger partial charge is 0.272 e. The Bertz CT molecular complexity index is 815. The molecular weight excluding hydrogens is 301 g/mol. The van der Waals surface area contributed by atoms with Crippen LogP contribution in [0.3, 0.4) is 0 Å². The fraction of sp³-hybridized carbons (Fsp3) is 0.158. The average Bonchev–Trinajstić information content (AvgIpc) is 2.56. The van der Waals surface area contributed by atoms with Crippen LogP contribution in [0.15, 0.2) is 60.7 Å². The van der Waals surface area contributed by atoms with Gasteiger partial charge < -0.3 is 4.74 Å². The summed E-state index contributed by atoms with van der Waals surface area (Å²) in [5.74, 6) is 0.0889. The molecule has 0 atom stereocenters. The van der Waals surface area contributed by atoms with Gasteiger partial charge in [0.15, 0.2) is 0 Å². The first-order valence-corrected chi connectivity index (χ1v) is 7.29. The van der Waals surface area contributed by atoms with E-state index in [4.69, 9.17) is 4.74 Å². The summed E-state index contributed by atoms with van der Waals surface area (Å²) in [5, 5.41) is 1.82. The molecule has 0 saturated heterocycles. The lowest BCUT2D eigenvalue weighted by atomic mass is 9.98. The van der Waals surface area contributed by atoms with Crippen molar-refractivity contribution in [3.8, 4) is 5.75 Å². The monoisotopic (exact) mass is 316 g/mol. The van der Waals surface area contributed by atoms with Crippen LogP contribution in [-0.4, -0.2) is 13.0 Å². The van der Waals surface area contributed by atoms with Gasteiger partial charge in [-0.25, -0.2) is 13.2 Å². The Morgan fingerprint density at radius 3 is 2.57 bits per heavy atom. The molecule has 0 unspecified atom stereocenters. The highest BCUT2D eigenvalue weighted by atomic mass is 19.3. The number of hydrogen-bond acceptors (Lipinski definition) is 1. The van der Waals surface area contributed by atoms with E-state index < -0.39 is 13.0 Å². The quantitative estimate of drug-likeness (QED) is 0.627. The van der Waals surface area contributed by atoms with Gasteiger partial charge >= 0.3 is 0 Å². The van der Waals surface area contributed by atoms with Crippen molar-refractivity contribution in [3.63, 3.8) is 0 Å². The first-order chi connectivity index (χ1) is 11.1. The Hall–Kier alpha value is -2.49. The highest BCUT2D eigenvalue weighted by Crippen LogP contribution is 2.25. The molecule has 0 N–H and O–H groups in total. The van der Waals surface area contributed by atoms with E-state index in [0.29, 0.717) is 17.7 Å². The maximum atomic E-state index is 14.2. The Labute approximate surface area is 132 Å². The van der Waals surface area contributed by atoms with Gasteiger partial charge in [-0.15, -0.1) is 0 Å². The number of halogens is 3. The van der Waals surface area contributed by atoms with Crippen molar-refractivity contribution in [3.05, 3.63) is 77.6 Å². The molecule has 0 aliphatic carbocycles. The minimum atomic E-state index is -2.52. The van der Waals surface area contributed by atoms with Gasteiger partial charge in [-0.2, -0.15) is 0 Å². The zero-order chi connectivity index (χ0) is 16.2. The number of ether oxygens (including phenoxy) is 1. The van der Waals surface area contributed by atoms with E-state index >= 15 is 0 Å². The van der Waals surface area contributed by atoms with E-state index in [1.165, 1.54) is 6.07 Å². The third-order valence-electron chi connectivity index (χ3n) is 3.64. The minimum Gasteiger partial charge on any atom is -0.488 e. The maximum absolute atomic E-state index is 14.2. The molecule has 118 valence electrons. The largest absolute Gasteiger partial charge is 0.488 e. The standard InChI is InChI=1S/C19H15F3O/c20-18-9-8-14-5-1-2-7-16(14)17(18)11-13-4-3-6-15(10-13)23-12-19(21)22/h1-10,19H,11-12H2. The van der Waals surface area contributed by atoms with Gasteiger partial charge in [-0.3, -0.25) is 0 Å². The number of alkyl halides is 2. The van der Waals surface area contributed by atoms with E-state index in [9.17, 15) is 13.2 Å². The fourth-order valence-electron chi connectivity index (χ4n) is 2.60. The molecule has 0 saturated carbocycles. The predicted molar refractivity (Wildman–Crippen MR) is 84.7 cm³/mol. The highest BCUT2D eigenvalue weighted by Gasteiger charge is 2.09. The van der Waals surface area contributed by atoms with Crippen LogP contribution in [0, 0.1) is 5.82 Å². The van der Waals surface area contributed by atoms with Gasteiger partial charge in [-0.1, -0.05) is 42.5 Å². The molecule has 0 amide bonds. The molecule has 0 aliphatic heterocycles. The molecule has 1 nitrogen and oxygen atoms in total. The van der Waals surface area contributed by atoms with Crippen LogP contribution in [0.5, 0.6) is 5.75 Å². The van der Waals surface area contributed by atoms with Crippen molar-refractivity contribution in [2.45, 2.75) is 12.8 Å². The summed E-state index contributed by atoms with van der Waals surface area (Å²) in [6, 6.07) is 17.6. The van der Waals surface area contributed by atoms with E-state index in [1.54, 1.807) is 24.3 Å². The van der Waals surface area contributed by atoms with Gasteiger partial charge in [0.2, 0.25) is 0 Å². The topological polar surface area (TPSA) is 9.23 Å². The van der Waals surface area contributed by atoms with Crippen LogP contribution in [0.4, 0.5) is 13.2 Å². The SMILES string of the molecule is Fc1ccc2ccccc2c1Cc1cccc(OCC(F)F)c1. The van der Waals surface area contributed by atoms with Gasteiger partial charge in [0.1, 0.15) is 18.2 Å². The summed E-state index contributed by atoms with van der Waals surface area (Å²) in [4.78, 5) is 0. The van der Waals surface area contributed by atoms with Crippen LogP contribution < -0.4 is 4.74 Å². The normalized spacial score (nSPS) is 11.1. The highest BCUT2D eigenvalue weighted by molar-refractivity contribution is 5.86. The average molecular weight is 316 g/mol. The summed E-state index contributed by atoms with van der Waals surface area (Å²) in [6.45, 7) is -0.647. The molecule has 0 fully saturated rings. The van der Waals surface area contributed by atoms with Crippen LogP contribution in [0.2, 0.25) is 0 Å². The van der Waals surface area contributed by atoms with Crippen LogP contribution in [0.1, 0.15) is 11.1 Å². The molecule has 0 heterocycles. The summed E-state index contributed by atoms with van der Waals surface area (Å²) >= 11 is 0. The van der Waals surface area contributed by atoms with E-state index in [0.717, 1.165) is 16.3 Å². The van der Waals surface area contributed by atoms with E-state index in [2.05, 4.69) is 0 Å². The Morgan fingerprint density at radius 2 is 1.74 bits per heavy atom.